The van der Waals surface area contributed by atoms with E-state index < -0.39 is 0 Å². The molecule has 2 rings (SSSR count). The predicted molar refractivity (Wildman–Crippen MR) is 70.1 cm³/mol. The maximum absolute atomic E-state index is 11.9. The van der Waals surface area contributed by atoms with Crippen LogP contribution in [0.5, 0.6) is 0 Å². The van der Waals surface area contributed by atoms with Gasteiger partial charge in [-0.15, -0.1) is 0 Å². The van der Waals surface area contributed by atoms with Gasteiger partial charge in [-0.1, -0.05) is 43.7 Å². The Labute approximate surface area is 101 Å². The van der Waals surface area contributed by atoms with Crippen LogP contribution in [0.1, 0.15) is 25.5 Å². The molecule has 0 aliphatic carbocycles. The van der Waals surface area contributed by atoms with Crippen LogP contribution in [-0.4, -0.2) is 9.78 Å². The van der Waals surface area contributed by atoms with Crippen LogP contribution in [0.15, 0.2) is 35.1 Å². The Balaban J connectivity index is 2.49. The second-order valence-corrected chi connectivity index (χ2v) is 4.29. The van der Waals surface area contributed by atoms with Crippen molar-refractivity contribution in [1.82, 2.24) is 9.78 Å². The SMILES string of the molecule is CCCCc1c(-c2ccccc2)c(=O)[nH]n1C. The summed E-state index contributed by atoms with van der Waals surface area (Å²) < 4.78 is 1.85. The number of nitrogens with zero attached hydrogens (tertiary/aromatic N) is 1. The van der Waals surface area contributed by atoms with Gasteiger partial charge < -0.3 is 0 Å². The zero-order chi connectivity index (χ0) is 12.3. The van der Waals surface area contributed by atoms with Gasteiger partial charge in [0.05, 0.1) is 5.56 Å². The highest BCUT2D eigenvalue weighted by atomic mass is 16.1. The van der Waals surface area contributed by atoms with E-state index in [0.29, 0.717) is 0 Å². The average Bonchev–Trinajstić information content (AvgIpc) is 2.62. The Morgan fingerprint density at radius 1 is 1.24 bits per heavy atom. The molecule has 3 nitrogen and oxygen atoms in total. The Hall–Kier alpha value is -1.77. The van der Waals surface area contributed by atoms with Gasteiger partial charge in [-0.05, 0) is 18.4 Å². The van der Waals surface area contributed by atoms with Crippen LogP contribution in [-0.2, 0) is 13.5 Å². The predicted octanol–water partition coefficient (Wildman–Crippen LogP) is 2.72. The highest BCUT2D eigenvalue weighted by Crippen LogP contribution is 2.20. The number of aromatic nitrogens is 2. The molecule has 90 valence electrons. The minimum atomic E-state index is 0.00445. The maximum Gasteiger partial charge on any atom is 0.272 e. The van der Waals surface area contributed by atoms with Crippen LogP contribution in [0.4, 0.5) is 0 Å². The molecule has 0 spiro atoms. The van der Waals surface area contributed by atoms with E-state index in [0.717, 1.165) is 36.1 Å². The zero-order valence-electron chi connectivity index (χ0n) is 10.4. The third-order valence-corrected chi connectivity index (χ3v) is 3.02. The molecule has 0 saturated heterocycles. The van der Waals surface area contributed by atoms with E-state index in [1.165, 1.54) is 0 Å². The number of H-pyrrole nitrogens is 1. The van der Waals surface area contributed by atoms with Gasteiger partial charge in [0.15, 0.2) is 0 Å². The molecule has 1 aromatic carbocycles. The van der Waals surface area contributed by atoms with Gasteiger partial charge in [0.1, 0.15) is 0 Å². The molecule has 3 heteroatoms. The summed E-state index contributed by atoms with van der Waals surface area (Å²) in [5, 5.41) is 2.84. The number of benzene rings is 1. The Morgan fingerprint density at radius 2 is 1.94 bits per heavy atom. The average molecular weight is 230 g/mol. The van der Waals surface area contributed by atoms with Crippen LogP contribution >= 0.6 is 0 Å². The molecule has 0 aliphatic rings. The Bertz CT molecular complexity index is 537. The lowest BCUT2D eigenvalue weighted by atomic mass is 10.0. The highest BCUT2D eigenvalue weighted by Gasteiger charge is 2.13. The molecule has 1 heterocycles. The normalized spacial score (nSPS) is 10.7. The first-order valence-electron chi connectivity index (χ1n) is 6.07. The van der Waals surface area contributed by atoms with Crippen LogP contribution in [0, 0.1) is 0 Å². The molecular formula is C14H18N2O. The summed E-state index contributed by atoms with van der Waals surface area (Å²) in [6.07, 6.45) is 3.18. The lowest BCUT2D eigenvalue weighted by Gasteiger charge is -2.05. The summed E-state index contributed by atoms with van der Waals surface area (Å²) in [4.78, 5) is 11.9. The fourth-order valence-electron chi connectivity index (χ4n) is 2.11. The summed E-state index contributed by atoms with van der Waals surface area (Å²) in [5.74, 6) is 0. The number of unbranched alkanes of at least 4 members (excludes halogenated alkanes) is 1. The molecule has 0 unspecified atom stereocenters. The van der Waals surface area contributed by atoms with Crippen LogP contribution in [0.2, 0.25) is 0 Å². The molecule has 1 aromatic heterocycles. The smallest absolute Gasteiger partial charge is 0.272 e. The zero-order valence-corrected chi connectivity index (χ0v) is 10.4. The van der Waals surface area contributed by atoms with Gasteiger partial charge in [0.2, 0.25) is 0 Å². The minimum Gasteiger partial charge on any atom is -0.292 e. The summed E-state index contributed by atoms with van der Waals surface area (Å²) in [6, 6.07) is 9.86. The highest BCUT2D eigenvalue weighted by molar-refractivity contribution is 5.65. The van der Waals surface area contributed by atoms with Crippen molar-refractivity contribution in [2.45, 2.75) is 26.2 Å². The summed E-state index contributed by atoms with van der Waals surface area (Å²) in [6.45, 7) is 2.16. The molecule has 0 amide bonds. The molecule has 0 bridgehead atoms. The molecule has 17 heavy (non-hydrogen) atoms. The van der Waals surface area contributed by atoms with E-state index in [1.54, 1.807) is 0 Å². The standard InChI is InChI=1S/C14H18N2O/c1-3-4-10-12-13(14(17)15-16(12)2)11-8-6-5-7-9-11/h5-9H,3-4,10H2,1-2H3,(H,15,17). The van der Waals surface area contributed by atoms with E-state index in [-0.39, 0.29) is 5.56 Å². The maximum atomic E-state index is 11.9. The van der Waals surface area contributed by atoms with Gasteiger partial charge in [0, 0.05) is 12.7 Å². The van der Waals surface area contributed by atoms with Crippen molar-refractivity contribution in [3.63, 3.8) is 0 Å². The lowest BCUT2D eigenvalue weighted by Crippen LogP contribution is -2.03. The van der Waals surface area contributed by atoms with Crippen LogP contribution in [0.3, 0.4) is 0 Å². The fraction of sp³-hybridized carbons (Fsp3) is 0.357. The second-order valence-electron chi connectivity index (χ2n) is 4.29. The second kappa shape index (κ2) is 5.04. The minimum absolute atomic E-state index is 0.00445. The third kappa shape index (κ3) is 2.33. The van der Waals surface area contributed by atoms with Crippen molar-refractivity contribution >= 4 is 0 Å². The number of hydrogen-bond donors (Lipinski definition) is 1. The number of nitrogens with one attached hydrogen (secondary N) is 1. The quantitative estimate of drug-likeness (QED) is 0.861. The molecule has 0 atom stereocenters. The van der Waals surface area contributed by atoms with E-state index in [4.69, 9.17) is 0 Å². The molecule has 0 radical (unpaired) electrons. The van der Waals surface area contributed by atoms with E-state index >= 15 is 0 Å². The molecule has 1 N–H and O–H groups in total. The molecule has 0 fully saturated rings. The lowest BCUT2D eigenvalue weighted by molar-refractivity contribution is 0.673. The topological polar surface area (TPSA) is 37.8 Å². The van der Waals surface area contributed by atoms with Gasteiger partial charge in [-0.2, -0.15) is 0 Å². The monoisotopic (exact) mass is 230 g/mol. The number of hydrogen-bond acceptors (Lipinski definition) is 1. The first kappa shape index (κ1) is 11.7. The number of aryl methyl sites for hydroxylation is 1. The van der Waals surface area contributed by atoms with E-state index in [9.17, 15) is 4.79 Å². The van der Waals surface area contributed by atoms with Crippen molar-refractivity contribution in [3.05, 3.63) is 46.4 Å². The van der Waals surface area contributed by atoms with Crippen molar-refractivity contribution < 1.29 is 0 Å². The van der Waals surface area contributed by atoms with Gasteiger partial charge in [-0.3, -0.25) is 14.6 Å². The van der Waals surface area contributed by atoms with E-state index in [1.807, 2.05) is 42.1 Å². The van der Waals surface area contributed by atoms with Crippen molar-refractivity contribution in [2.24, 2.45) is 7.05 Å². The Morgan fingerprint density at radius 3 is 2.59 bits per heavy atom. The van der Waals surface area contributed by atoms with Crippen molar-refractivity contribution in [1.29, 1.82) is 0 Å². The largest absolute Gasteiger partial charge is 0.292 e. The first-order chi connectivity index (χ1) is 8.24. The first-order valence-corrected chi connectivity index (χ1v) is 6.07. The number of aromatic amines is 1. The molecular weight excluding hydrogens is 212 g/mol. The van der Waals surface area contributed by atoms with Crippen LogP contribution in [0.25, 0.3) is 11.1 Å². The molecule has 0 saturated carbocycles. The number of rotatable bonds is 4. The molecule has 0 aliphatic heterocycles. The Kier molecular flexibility index (Phi) is 3.47. The third-order valence-electron chi connectivity index (χ3n) is 3.02. The van der Waals surface area contributed by atoms with Gasteiger partial charge in [-0.25, -0.2) is 0 Å². The summed E-state index contributed by atoms with van der Waals surface area (Å²) >= 11 is 0. The van der Waals surface area contributed by atoms with Gasteiger partial charge >= 0.3 is 0 Å². The summed E-state index contributed by atoms with van der Waals surface area (Å²) in [5.41, 5.74) is 2.93. The summed E-state index contributed by atoms with van der Waals surface area (Å²) in [7, 11) is 1.90. The van der Waals surface area contributed by atoms with Crippen molar-refractivity contribution in [2.75, 3.05) is 0 Å². The fourth-order valence-corrected chi connectivity index (χ4v) is 2.11. The molecule has 2 aromatic rings. The van der Waals surface area contributed by atoms with E-state index in [2.05, 4.69) is 12.0 Å². The van der Waals surface area contributed by atoms with Crippen LogP contribution < -0.4 is 5.56 Å². The van der Waals surface area contributed by atoms with Gasteiger partial charge in [0.25, 0.3) is 5.56 Å². The van der Waals surface area contributed by atoms with Crippen molar-refractivity contribution in [3.8, 4) is 11.1 Å².